The number of nitrogens with one attached hydrogen (secondary N) is 1. The summed E-state index contributed by atoms with van der Waals surface area (Å²) in [5, 5.41) is 10.0. The van der Waals surface area contributed by atoms with Crippen LogP contribution >= 0.6 is 0 Å². The molecule has 3 nitrogen and oxygen atoms in total. The van der Waals surface area contributed by atoms with E-state index in [-0.39, 0.29) is 6.42 Å². The molecule has 0 saturated heterocycles. The monoisotopic (exact) mass is 303 g/mol. The van der Waals surface area contributed by atoms with Crippen LogP contribution in [0.3, 0.4) is 0 Å². The Morgan fingerprint density at radius 2 is 1.96 bits per heavy atom. The lowest BCUT2D eigenvalue weighted by Gasteiger charge is -2.23. The van der Waals surface area contributed by atoms with E-state index in [1.54, 1.807) is 6.20 Å². The summed E-state index contributed by atoms with van der Waals surface area (Å²) in [7, 11) is 0. The number of carbonyl (C=O) groups is 1. The zero-order valence-corrected chi connectivity index (χ0v) is 12.6. The number of carboxylic acid groups (broad SMARTS) is 1. The summed E-state index contributed by atoms with van der Waals surface area (Å²) in [4.78, 5) is 14.2. The van der Waals surface area contributed by atoms with Crippen LogP contribution in [-0.4, -0.2) is 16.1 Å². The van der Waals surface area contributed by atoms with Gasteiger partial charge in [-0.25, -0.2) is 0 Å². The molecule has 2 N–H and O–H groups in total. The molecule has 2 aliphatic rings. The van der Waals surface area contributed by atoms with Crippen LogP contribution in [0.1, 0.15) is 11.1 Å². The smallest absolute Gasteiger partial charge is 0.307 e. The summed E-state index contributed by atoms with van der Waals surface area (Å²) < 4.78 is 0. The first-order chi connectivity index (χ1) is 11.2. The van der Waals surface area contributed by atoms with Gasteiger partial charge in [0.1, 0.15) is 0 Å². The maximum absolute atomic E-state index is 11.0. The Morgan fingerprint density at radius 3 is 2.78 bits per heavy atom. The summed E-state index contributed by atoms with van der Waals surface area (Å²) in [6.07, 6.45) is 17.1. The number of hydrogen-bond donors (Lipinski definition) is 2. The zero-order chi connectivity index (χ0) is 15.8. The number of H-pyrrole nitrogens is 1. The van der Waals surface area contributed by atoms with Crippen molar-refractivity contribution < 1.29 is 9.90 Å². The summed E-state index contributed by atoms with van der Waals surface area (Å²) >= 11 is 0. The van der Waals surface area contributed by atoms with E-state index in [2.05, 4.69) is 59.6 Å². The van der Waals surface area contributed by atoms with Gasteiger partial charge in [0, 0.05) is 28.9 Å². The molecule has 0 saturated carbocycles. The summed E-state index contributed by atoms with van der Waals surface area (Å²) in [6.45, 7) is 0. The first-order valence-corrected chi connectivity index (χ1v) is 7.78. The number of benzene rings is 1. The third kappa shape index (κ3) is 2.55. The molecule has 0 spiro atoms. The number of carboxylic acids is 1. The van der Waals surface area contributed by atoms with Crippen molar-refractivity contribution in [2.75, 3.05) is 0 Å². The number of hydrogen-bond acceptors (Lipinski definition) is 1. The minimum Gasteiger partial charge on any atom is -0.481 e. The Morgan fingerprint density at radius 1 is 1.13 bits per heavy atom. The average Bonchev–Trinajstić information content (AvgIpc) is 2.96. The van der Waals surface area contributed by atoms with Gasteiger partial charge in [0.05, 0.1) is 6.42 Å². The Balaban J connectivity index is 1.73. The van der Waals surface area contributed by atoms with Gasteiger partial charge < -0.3 is 10.1 Å². The number of rotatable bonds is 3. The molecule has 0 amide bonds. The highest BCUT2D eigenvalue weighted by Crippen LogP contribution is 2.33. The van der Waals surface area contributed by atoms with Crippen molar-refractivity contribution in [2.45, 2.75) is 6.42 Å². The number of aromatic nitrogens is 1. The third-order valence-electron chi connectivity index (χ3n) is 4.53. The van der Waals surface area contributed by atoms with E-state index in [9.17, 15) is 4.79 Å². The molecule has 1 heterocycles. The Labute approximate surface area is 134 Å². The molecule has 114 valence electrons. The van der Waals surface area contributed by atoms with Crippen molar-refractivity contribution in [3.8, 4) is 0 Å². The molecule has 2 aromatic rings. The van der Waals surface area contributed by atoms with E-state index in [0.717, 1.165) is 22.0 Å². The largest absolute Gasteiger partial charge is 0.481 e. The van der Waals surface area contributed by atoms with E-state index in [1.807, 2.05) is 6.07 Å². The Bertz CT molecular complexity index is 896. The first-order valence-electron chi connectivity index (χ1n) is 7.78. The fraction of sp³-hybridized carbons (Fsp3) is 0.150. The first kappa shape index (κ1) is 13.8. The van der Waals surface area contributed by atoms with Crippen LogP contribution in [0.15, 0.2) is 66.9 Å². The normalized spacial score (nSPS) is 22.2. The number of allylic oxidation sites excluding steroid dienone is 8. The molecule has 1 aromatic carbocycles. The molecule has 4 rings (SSSR count). The molecule has 1 aromatic heterocycles. The minimum atomic E-state index is -0.810. The predicted molar refractivity (Wildman–Crippen MR) is 92.0 cm³/mol. The molecular weight excluding hydrogens is 286 g/mol. The fourth-order valence-corrected chi connectivity index (χ4v) is 3.34. The van der Waals surface area contributed by atoms with Gasteiger partial charge >= 0.3 is 5.97 Å². The van der Waals surface area contributed by atoms with Crippen molar-refractivity contribution in [3.63, 3.8) is 0 Å². The van der Waals surface area contributed by atoms with Crippen LogP contribution in [0.4, 0.5) is 0 Å². The second-order valence-corrected chi connectivity index (χ2v) is 6.05. The van der Waals surface area contributed by atoms with E-state index in [1.165, 1.54) is 5.57 Å². The molecule has 2 unspecified atom stereocenters. The number of fused-ring (bicyclic) bond motifs is 2. The average molecular weight is 303 g/mol. The van der Waals surface area contributed by atoms with Crippen molar-refractivity contribution in [2.24, 2.45) is 11.8 Å². The second kappa shape index (κ2) is 5.43. The van der Waals surface area contributed by atoms with Crippen molar-refractivity contribution in [1.29, 1.82) is 0 Å². The highest BCUT2D eigenvalue weighted by molar-refractivity contribution is 5.91. The second-order valence-electron chi connectivity index (χ2n) is 6.05. The molecule has 3 heteroatoms. The molecule has 2 aliphatic carbocycles. The van der Waals surface area contributed by atoms with Crippen LogP contribution in [0.25, 0.3) is 16.5 Å². The highest BCUT2D eigenvalue weighted by Gasteiger charge is 2.19. The minimum absolute atomic E-state index is 0.0383. The molecule has 0 bridgehead atoms. The van der Waals surface area contributed by atoms with Crippen molar-refractivity contribution >= 4 is 22.4 Å². The lowest BCUT2D eigenvalue weighted by atomic mass is 9.81. The lowest BCUT2D eigenvalue weighted by Crippen LogP contribution is -2.11. The van der Waals surface area contributed by atoms with Crippen molar-refractivity contribution in [3.05, 3.63) is 78.1 Å². The SMILES string of the molecule is O=C(O)Cc1c[nH]c2ccc(C3=CC4C=CC=CC4C=C3)cc12. The Kier molecular flexibility index (Phi) is 3.27. The van der Waals surface area contributed by atoms with E-state index in [0.29, 0.717) is 11.8 Å². The quantitative estimate of drug-likeness (QED) is 0.896. The van der Waals surface area contributed by atoms with Crippen LogP contribution in [0, 0.1) is 11.8 Å². The Hall–Kier alpha value is -2.81. The number of aliphatic carboxylic acids is 1. The zero-order valence-electron chi connectivity index (χ0n) is 12.6. The lowest BCUT2D eigenvalue weighted by molar-refractivity contribution is -0.136. The number of aromatic amines is 1. The fourth-order valence-electron chi connectivity index (χ4n) is 3.34. The molecule has 2 atom stereocenters. The van der Waals surface area contributed by atoms with Gasteiger partial charge in [0.15, 0.2) is 0 Å². The predicted octanol–water partition coefficient (Wildman–Crippen LogP) is 4.11. The van der Waals surface area contributed by atoms with Gasteiger partial charge in [-0.15, -0.1) is 0 Å². The standard InChI is InChI=1S/C20H17NO2/c22-20(23)11-17-12-21-19-8-7-16(10-18(17)19)15-6-5-13-3-1-2-4-14(13)9-15/h1-10,12-14,21H,11H2,(H,22,23). The van der Waals surface area contributed by atoms with E-state index < -0.39 is 5.97 Å². The van der Waals surface area contributed by atoms with Gasteiger partial charge in [0.2, 0.25) is 0 Å². The van der Waals surface area contributed by atoms with Gasteiger partial charge in [-0.05, 0) is 28.8 Å². The maximum atomic E-state index is 11.0. The van der Waals surface area contributed by atoms with Gasteiger partial charge in [-0.2, -0.15) is 0 Å². The topological polar surface area (TPSA) is 53.1 Å². The van der Waals surface area contributed by atoms with Gasteiger partial charge in [-0.3, -0.25) is 4.79 Å². The summed E-state index contributed by atoms with van der Waals surface area (Å²) in [5.74, 6) is 0.0396. The molecule has 0 radical (unpaired) electrons. The maximum Gasteiger partial charge on any atom is 0.307 e. The molecular formula is C20H17NO2. The van der Waals surface area contributed by atoms with Crippen LogP contribution in [0.5, 0.6) is 0 Å². The van der Waals surface area contributed by atoms with Gasteiger partial charge in [-0.1, -0.05) is 48.6 Å². The van der Waals surface area contributed by atoms with Crippen LogP contribution < -0.4 is 0 Å². The molecule has 0 aliphatic heterocycles. The third-order valence-corrected chi connectivity index (χ3v) is 4.53. The highest BCUT2D eigenvalue weighted by atomic mass is 16.4. The van der Waals surface area contributed by atoms with E-state index >= 15 is 0 Å². The molecule has 0 fully saturated rings. The molecule has 23 heavy (non-hydrogen) atoms. The van der Waals surface area contributed by atoms with E-state index in [4.69, 9.17) is 5.11 Å². The van der Waals surface area contributed by atoms with Crippen LogP contribution in [0.2, 0.25) is 0 Å². The summed E-state index contributed by atoms with van der Waals surface area (Å²) in [6, 6.07) is 6.19. The van der Waals surface area contributed by atoms with Crippen molar-refractivity contribution in [1.82, 2.24) is 4.98 Å². The van der Waals surface area contributed by atoms with Crippen LogP contribution in [-0.2, 0) is 11.2 Å². The van der Waals surface area contributed by atoms with Gasteiger partial charge in [0.25, 0.3) is 0 Å². The summed E-state index contributed by atoms with van der Waals surface area (Å²) in [5.41, 5.74) is 4.12.